The maximum absolute atomic E-state index is 13.4. The quantitative estimate of drug-likeness (QED) is 0.514. The van der Waals surface area contributed by atoms with Crippen molar-refractivity contribution in [3.63, 3.8) is 0 Å². The lowest BCUT2D eigenvalue weighted by atomic mass is 10.2. The highest BCUT2D eigenvalue weighted by atomic mass is 79.9. The van der Waals surface area contributed by atoms with E-state index in [0.29, 0.717) is 5.56 Å². The van der Waals surface area contributed by atoms with Crippen LogP contribution in [0.4, 0.5) is 4.39 Å². The summed E-state index contributed by atoms with van der Waals surface area (Å²) >= 11 is 5.04. The normalized spacial score (nSPS) is 12.4. The smallest absolute Gasteiger partial charge is 0.206 e. The summed E-state index contributed by atoms with van der Waals surface area (Å²) in [6.45, 7) is 4.05. The maximum Gasteiger partial charge on any atom is 0.206 e. The number of hydrogen-bond acceptors (Lipinski definition) is 3. The summed E-state index contributed by atoms with van der Waals surface area (Å²) in [7, 11) is 0. The van der Waals surface area contributed by atoms with Gasteiger partial charge in [0.1, 0.15) is 5.82 Å². The van der Waals surface area contributed by atoms with Gasteiger partial charge in [0.15, 0.2) is 0 Å². The molecule has 1 aromatic heterocycles. The summed E-state index contributed by atoms with van der Waals surface area (Å²) in [6.07, 6.45) is 1.65. The molecule has 6 heteroatoms. The molecule has 25 heavy (non-hydrogen) atoms. The second kappa shape index (κ2) is 7.89. The molecule has 0 aliphatic heterocycles. The van der Waals surface area contributed by atoms with E-state index in [1.165, 1.54) is 23.5 Å². The van der Waals surface area contributed by atoms with Crippen molar-refractivity contribution in [3.8, 4) is 11.3 Å². The molecular formula is C19H17BrFN3S. The first-order valence-electron chi connectivity index (χ1n) is 7.83. The lowest BCUT2D eigenvalue weighted by Gasteiger charge is -2.05. The van der Waals surface area contributed by atoms with Crippen LogP contribution in [0.25, 0.3) is 11.3 Å². The van der Waals surface area contributed by atoms with E-state index in [-0.39, 0.29) is 11.9 Å². The minimum absolute atomic E-state index is 0.157. The highest BCUT2D eigenvalue weighted by molar-refractivity contribution is 9.10. The first-order valence-corrected chi connectivity index (χ1v) is 9.50. The Morgan fingerprint density at radius 3 is 2.68 bits per heavy atom. The molecule has 0 aliphatic carbocycles. The maximum atomic E-state index is 13.4. The first-order chi connectivity index (χ1) is 12.0. The molecule has 0 N–H and O–H groups in total. The molecule has 0 radical (unpaired) electrons. The van der Waals surface area contributed by atoms with Gasteiger partial charge in [-0.1, -0.05) is 40.2 Å². The van der Waals surface area contributed by atoms with Gasteiger partial charge < -0.3 is 0 Å². The number of thiazole rings is 1. The van der Waals surface area contributed by atoms with E-state index in [1.807, 2.05) is 49.6 Å². The molecule has 0 saturated heterocycles. The van der Waals surface area contributed by atoms with E-state index in [9.17, 15) is 4.39 Å². The topological polar surface area (TPSA) is 29.6 Å². The number of halogens is 2. The molecule has 0 amide bonds. The van der Waals surface area contributed by atoms with Crippen molar-refractivity contribution in [1.29, 1.82) is 0 Å². The Kier molecular flexibility index (Phi) is 5.60. The summed E-state index contributed by atoms with van der Waals surface area (Å²) in [5, 5.41) is 6.60. The van der Waals surface area contributed by atoms with Crippen molar-refractivity contribution in [2.24, 2.45) is 10.1 Å². The fourth-order valence-corrected chi connectivity index (χ4v) is 3.65. The molecule has 0 spiro atoms. The Balaban J connectivity index is 2.10. The van der Waals surface area contributed by atoms with E-state index >= 15 is 0 Å². The average molecular weight is 418 g/mol. The van der Waals surface area contributed by atoms with Crippen LogP contribution in [0, 0.1) is 5.82 Å². The van der Waals surface area contributed by atoms with Crippen LogP contribution in [0.1, 0.15) is 19.4 Å². The molecule has 0 fully saturated rings. The minimum Gasteiger partial charge on any atom is -0.255 e. The summed E-state index contributed by atoms with van der Waals surface area (Å²) in [5.74, 6) is -0.279. The van der Waals surface area contributed by atoms with Gasteiger partial charge in [-0.3, -0.25) is 4.99 Å². The number of aromatic nitrogens is 1. The summed E-state index contributed by atoms with van der Waals surface area (Å²) in [6, 6.07) is 14.5. The molecule has 0 saturated carbocycles. The lowest BCUT2D eigenvalue weighted by molar-refractivity contribution is 0.627. The van der Waals surface area contributed by atoms with Gasteiger partial charge in [-0.2, -0.15) is 5.10 Å². The Labute approximate surface area is 158 Å². The third kappa shape index (κ3) is 4.52. The van der Waals surface area contributed by atoms with Gasteiger partial charge in [-0.05, 0) is 43.7 Å². The first kappa shape index (κ1) is 17.8. The predicted octanol–water partition coefficient (Wildman–Crippen LogP) is 5.31. The Hall–Kier alpha value is -2.05. The molecule has 2 aromatic carbocycles. The van der Waals surface area contributed by atoms with Crippen molar-refractivity contribution in [3.05, 3.63) is 74.6 Å². The van der Waals surface area contributed by atoms with Crippen LogP contribution < -0.4 is 4.80 Å². The molecule has 3 aromatic rings. The van der Waals surface area contributed by atoms with Crippen molar-refractivity contribution >= 4 is 33.5 Å². The number of nitrogens with zero attached hydrogens (tertiary/aromatic N) is 3. The molecule has 128 valence electrons. The fourth-order valence-electron chi connectivity index (χ4n) is 2.28. The van der Waals surface area contributed by atoms with Gasteiger partial charge in [-0.15, -0.1) is 11.3 Å². The van der Waals surface area contributed by atoms with Crippen LogP contribution in [0.15, 0.2) is 68.5 Å². The highest BCUT2D eigenvalue weighted by Gasteiger charge is 2.08. The van der Waals surface area contributed by atoms with Gasteiger partial charge in [0.05, 0.1) is 11.9 Å². The Morgan fingerprint density at radius 2 is 1.96 bits per heavy atom. The summed E-state index contributed by atoms with van der Waals surface area (Å²) in [5.41, 5.74) is 2.68. The van der Waals surface area contributed by atoms with Crippen LogP contribution in [-0.4, -0.2) is 16.9 Å². The number of benzene rings is 2. The SMILES string of the molecule is CC(C)N=c1scc(-c2cccc(Br)c2)n1N=Cc1cccc(F)c1. The molecule has 1 heterocycles. The fraction of sp³-hybridized carbons (Fsp3) is 0.158. The molecule has 3 nitrogen and oxygen atoms in total. The molecule has 0 aliphatic rings. The zero-order valence-corrected chi connectivity index (χ0v) is 16.3. The van der Waals surface area contributed by atoms with E-state index in [2.05, 4.69) is 26.0 Å². The van der Waals surface area contributed by atoms with Crippen LogP contribution in [0.5, 0.6) is 0 Å². The van der Waals surface area contributed by atoms with E-state index in [4.69, 9.17) is 0 Å². The molecule has 0 unspecified atom stereocenters. The number of hydrogen-bond donors (Lipinski definition) is 0. The monoisotopic (exact) mass is 417 g/mol. The van der Waals surface area contributed by atoms with Crippen molar-refractivity contribution in [2.45, 2.75) is 19.9 Å². The molecule has 3 rings (SSSR count). The minimum atomic E-state index is -0.279. The van der Waals surface area contributed by atoms with Crippen LogP contribution in [-0.2, 0) is 0 Å². The van der Waals surface area contributed by atoms with Crippen LogP contribution in [0.2, 0.25) is 0 Å². The zero-order valence-electron chi connectivity index (χ0n) is 13.9. The van der Waals surface area contributed by atoms with Gasteiger partial charge in [0.25, 0.3) is 0 Å². The van der Waals surface area contributed by atoms with Crippen LogP contribution in [0.3, 0.4) is 0 Å². The summed E-state index contributed by atoms with van der Waals surface area (Å²) in [4.78, 5) is 5.44. The zero-order chi connectivity index (χ0) is 17.8. The predicted molar refractivity (Wildman–Crippen MR) is 106 cm³/mol. The van der Waals surface area contributed by atoms with Gasteiger partial charge in [0.2, 0.25) is 4.80 Å². The van der Waals surface area contributed by atoms with Gasteiger partial charge in [0, 0.05) is 21.5 Å². The molecule has 0 atom stereocenters. The second-order valence-corrected chi connectivity index (χ2v) is 7.50. The van der Waals surface area contributed by atoms with Gasteiger partial charge >= 0.3 is 0 Å². The van der Waals surface area contributed by atoms with Gasteiger partial charge in [-0.25, -0.2) is 9.07 Å². The molecular weight excluding hydrogens is 401 g/mol. The van der Waals surface area contributed by atoms with E-state index in [0.717, 1.165) is 20.5 Å². The summed E-state index contributed by atoms with van der Waals surface area (Å²) < 4.78 is 16.2. The Bertz CT molecular complexity index is 973. The standard InChI is InChI=1S/C19H17BrFN3S/c1-13(2)23-19-24(22-11-14-5-3-8-17(21)9-14)18(12-25-19)15-6-4-7-16(20)10-15/h3-13H,1-2H3. The number of rotatable bonds is 4. The largest absolute Gasteiger partial charge is 0.255 e. The van der Waals surface area contributed by atoms with Crippen LogP contribution >= 0.6 is 27.3 Å². The van der Waals surface area contributed by atoms with Crippen molar-refractivity contribution in [1.82, 2.24) is 4.68 Å². The lowest BCUT2D eigenvalue weighted by Crippen LogP contribution is -2.14. The highest BCUT2D eigenvalue weighted by Crippen LogP contribution is 2.23. The third-order valence-electron chi connectivity index (χ3n) is 3.35. The molecule has 0 bridgehead atoms. The second-order valence-electron chi connectivity index (χ2n) is 5.75. The van der Waals surface area contributed by atoms with Crippen molar-refractivity contribution < 1.29 is 4.39 Å². The van der Waals surface area contributed by atoms with E-state index < -0.39 is 0 Å². The van der Waals surface area contributed by atoms with Crippen molar-refractivity contribution in [2.75, 3.05) is 0 Å². The average Bonchev–Trinajstić information content (AvgIpc) is 2.95. The third-order valence-corrected chi connectivity index (χ3v) is 4.67. The van der Waals surface area contributed by atoms with E-state index in [1.54, 1.807) is 17.0 Å². The Morgan fingerprint density at radius 1 is 1.16 bits per heavy atom.